The van der Waals surface area contributed by atoms with Gasteiger partial charge >= 0.3 is 0 Å². The third-order valence-corrected chi connectivity index (χ3v) is 4.44. The highest BCUT2D eigenvalue weighted by molar-refractivity contribution is 5.46. The highest BCUT2D eigenvalue weighted by Gasteiger charge is 2.26. The summed E-state index contributed by atoms with van der Waals surface area (Å²) >= 11 is 0. The zero-order chi connectivity index (χ0) is 13.7. The molecule has 1 aromatic carbocycles. The monoisotopic (exact) mass is 261 g/mol. The molecule has 3 heteroatoms. The number of piperazine rings is 1. The van der Waals surface area contributed by atoms with E-state index < -0.39 is 0 Å². The summed E-state index contributed by atoms with van der Waals surface area (Å²) in [6.45, 7) is 9.87. The zero-order valence-corrected chi connectivity index (χ0v) is 12.3. The van der Waals surface area contributed by atoms with E-state index in [1.165, 1.54) is 5.69 Å². The fourth-order valence-electron chi connectivity index (χ4n) is 2.72. The normalized spacial score (nSPS) is 17.7. The minimum absolute atomic E-state index is 0.00504. The van der Waals surface area contributed by atoms with Crippen LogP contribution < -0.4 is 10.6 Å². The number of benzene rings is 1. The van der Waals surface area contributed by atoms with Crippen molar-refractivity contribution in [1.29, 1.82) is 0 Å². The maximum atomic E-state index is 6.42. The Balaban J connectivity index is 1.86. The topological polar surface area (TPSA) is 32.5 Å². The maximum absolute atomic E-state index is 6.42. The van der Waals surface area contributed by atoms with Crippen LogP contribution in [0.5, 0.6) is 0 Å². The number of rotatable bonds is 5. The van der Waals surface area contributed by atoms with Crippen molar-refractivity contribution in [1.82, 2.24) is 4.90 Å². The second-order valence-corrected chi connectivity index (χ2v) is 5.67. The van der Waals surface area contributed by atoms with Gasteiger partial charge in [0.1, 0.15) is 0 Å². The van der Waals surface area contributed by atoms with Crippen LogP contribution in [-0.2, 0) is 0 Å². The molecule has 2 rings (SSSR count). The van der Waals surface area contributed by atoms with Gasteiger partial charge in [-0.05, 0) is 25.0 Å². The Morgan fingerprint density at radius 2 is 1.58 bits per heavy atom. The summed E-state index contributed by atoms with van der Waals surface area (Å²) in [7, 11) is 0. The van der Waals surface area contributed by atoms with Crippen LogP contribution in [0.25, 0.3) is 0 Å². The van der Waals surface area contributed by atoms with Crippen LogP contribution in [-0.4, -0.2) is 43.2 Å². The van der Waals surface area contributed by atoms with Crippen LogP contribution in [0.3, 0.4) is 0 Å². The van der Waals surface area contributed by atoms with Crippen molar-refractivity contribution >= 4 is 5.69 Å². The van der Waals surface area contributed by atoms with Crippen molar-refractivity contribution in [3.8, 4) is 0 Å². The molecule has 0 radical (unpaired) electrons. The summed E-state index contributed by atoms with van der Waals surface area (Å²) in [4.78, 5) is 4.99. The largest absolute Gasteiger partial charge is 0.369 e. The van der Waals surface area contributed by atoms with E-state index >= 15 is 0 Å². The van der Waals surface area contributed by atoms with Gasteiger partial charge in [-0.15, -0.1) is 0 Å². The molecule has 0 unspecified atom stereocenters. The van der Waals surface area contributed by atoms with Crippen LogP contribution in [0.2, 0.25) is 0 Å². The minimum Gasteiger partial charge on any atom is -0.369 e. The van der Waals surface area contributed by atoms with E-state index in [4.69, 9.17) is 5.73 Å². The number of hydrogen-bond acceptors (Lipinski definition) is 3. The van der Waals surface area contributed by atoms with E-state index in [0.717, 1.165) is 45.6 Å². The third kappa shape index (κ3) is 3.71. The lowest BCUT2D eigenvalue weighted by Gasteiger charge is -2.40. The Morgan fingerprint density at radius 3 is 2.11 bits per heavy atom. The van der Waals surface area contributed by atoms with Crippen LogP contribution in [0.1, 0.15) is 26.7 Å². The zero-order valence-electron chi connectivity index (χ0n) is 12.3. The molecule has 106 valence electrons. The van der Waals surface area contributed by atoms with Gasteiger partial charge in [0.2, 0.25) is 0 Å². The van der Waals surface area contributed by atoms with Crippen LogP contribution in [0.15, 0.2) is 30.3 Å². The van der Waals surface area contributed by atoms with E-state index in [-0.39, 0.29) is 5.54 Å². The molecule has 0 spiro atoms. The fraction of sp³-hybridized carbons (Fsp3) is 0.625. The molecule has 0 atom stereocenters. The molecule has 3 nitrogen and oxygen atoms in total. The van der Waals surface area contributed by atoms with Gasteiger partial charge in [-0.2, -0.15) is 0 Å². The summed E-state index contributed by atoms with van der Waals surface area (Å²) in [5, 5.41) is 0. The summed E-state index contributed by atoms with van der Waals surface area (Å²) in [6, 6.07) is 10.7. The molecule has 1 saturated heterocycles. The minimum atomic E-state index is -0.00504. The van der Waals surface area contributed by atoms with E-state index in [1.54, 1.807) is 0 Å². The highest BCUT2D eigenvalue weighted by Crippen LogP contribution is 2.18. The average molecular weight is 261 g/mol. The van der Waals surface area contributed by atoms with Crippen molar-refractivity contribution in [3.05, 3.63) is 30.3 Å². The first-order valence-electron chi connectivity index (χ1n) is 7.48. The van der Waals surface area contributed by atoms with Gasteiger partial charge in [-0.1, -0.05) is 32.0 Å². The smallest absolute Gasteiger partial charge is 0.0367 e. The van der Waals surface area contributed by atoms with Crippen molar-refractivity contribution in [2.24, 2.45) is 5.73 Å². The van der Waals surface area contributed by atoms with Gasteiger partial charge < -0.3 is 10.6 Å². The fourth-order valence-corrected chi connectivity index (χ4v) is 2.72. The van der Waals surface area contributed by atoms with Gasteiger partial charge in [-0.3, -0.25) is 4.90 Å². The summed E-state index contributed by atoms with van der Waals surface area (Å²) in [5.41, 5.74) is 7.75. The molecular weight excluding hydrogens is 234 g/mol. The average Bonchev–Trinajstić information content (AvgIpc) is 2.49. The van der Waals surface area contributed by atoms with Gasteiger partial charge in [0.15, 0.2) is 0 Å². The molecule has 0 amide bonds. The molecule has 1 aromatic rings. The van der Waals surface area contributed by atoms with Gasteiger partial charge in [0, 0.05) is 44.0 Å². The summed E-state index contributed by atoms with van der Waals surface area (Å²) in [5.74, 6) is 0. The predicted molar refractivity (Wildman–Crippen MR) is 82.6 cm³/mol. The van der Waals surface area contributed by atoms with Crippen molar-refractivity contribution in [3.63, 3.8) is 0 Å². The number of hydrogen-bond donors (Lipinski definition) is 1. The van der Waals surface area contributed by atoms with Gasteiger partial charge in [-0.25, -0.2) is 0 Å². The lowest BCUT2D eigenvalue weighted by atomic mass is 9.93. The number of nitrogens with zero attached hydrogens (tertiary/aromatic N) is 2. The Morgan fingerprint density at radius 1 is 1.00 bits per heavy atom. The SMILES string of the molecule is CCC(N)(CC)CN1CCN(c2ccccc2)CC1. The number of para-hydroxylation sites is 1. The van der Waals surface area contributed by atoms with E-state index in [1.807, 2.05) is 0 Å². The van der Waals surface area contributed by atoms with Gasteiger partial charge in [0.25, 0.3) is 0 Å². The number of nitrogens with two attached hydrogens (primary N) is 1. The highest BCUT2D eigenvalue weighted by atomic mass is 15.3. The lowest BCUT2D eigenvalue weighted by molar-refractivity contribution is 0.190. The molecule has 1 fully saturated rings. The molecule has 0 bridgehead atoms. The molecule has 0 aromatic heterocycles. The Hall–Kier alpha value is -1.06. The lowest BCUT2D eigenvalue weighted by Crippen LogP contribution is -2.55. The van der Waals surface area contributed by atoms with E-state index in [0.29, 0.717) is 0 Å². The first-order valence-corrected chi connectivity index (χ1v) is 7.48. The standard InChI is InChI=1S/C16H27N3/c1-3-16(17,4-2)14-18-10-12-19(13-11-18)15-8-6-5-7-9-15/h5-9H,3-4,10-14,17H2,1-2H3. The molecule has 2 N–H and O–H groups in total. The number of anilines is 1. The Kier molecular flexibility index (Phi) is 4.83. The van der Waals surface area contributed by atoms with Crippen molar-refractivity contribution < 1.29 is 0 Å². The first kappa shape index (κ1) is 14.4. The molecular formula is C16H27N3. The second kappa shape index (κ2) is 6.40. The maximum Gasteiger partial charge on any atom is 0.0367 e. The summed E-state index contributed by atoms with van der Waals surface area (Å²) < 4.78 is 0. The molecule has 1 aliphatic heterocycles. The predicted octanol–water partition coefficient (Wildman–Crippen LogP) is 2.33. The van der Waals surface area contributed by atoms with Crippen LogP contribution in [0.4, 0.5) is 5.69 Å². The van der Waals surface area contributed by atoms with Gasteiger partial charge in [0.05, 0.1) is 0 Å². The van der Waals surface area contributed by atoms with E-state index in [9.17, 15) is 0 Å². The molecule has 19 heavy (non-hydrogen) atoms. The quantitative estimate of drug-likeness (QED) is 0.883. The second-order valence-electron chi connectivity index (χ2n) is 5.67. The van der Waals surface area contributed by atoms with Crippen LogP contribution in [0, 0.1) is 0 Å². The van der Waals surface area contributed by atoms with Crippen molar-refractivity contribution in [2.45, 2.75) is 32.2 Å². The summed E-state index contributed by atoms with van der Waals surface area (Å²) in [6.07, 6.45) is 2.12. The molecule has 0 aliphatic carbocycles. The van der Waals surface area contributed by atoms with E-state index in [2.05, 4.69) is 54.0 Å². The molecule has 0 saturated carbocycles. The first-order chi connectivity index (χ1) is 9.17. The molecule has 1 heterocycles. The Labute approximate surface area is 117 Å². The molecule has 1 aliphatic rings. The third-order valence-electron chi connectivity index (χ3n) is 4.44. The van der Waals surface area contributed by atoms with Crippen molar-refractivity contribution in [2.75, 3.05) is 37.6 Å². The Bertz CT molecular complexity index is 365. The van der Waals surface area contributed by atoms with Crippen LogP contribution >= 0.6 is 0 Å².